The highest BCUT2D eigenvalue weighted by molar-refractivity contribution is 5.85. The van der Waals surface area contributed by atoms with Crippen LogP contribution in [0.2, 0.25) is 0 Å². The number of carbonyl (C=O) groups excluding carboxylic acids is 1. The van der Waals surface area contributed by atoms with E-state index in [-0.39, 0.29) is 12.0 Å². The number of nitrogens with one attached hydrogen (secondary N) is 1. The van der Waals surface area contributed by atoms with Crippen LogP contribution in [0, 0.1) is 0 Å². The molecule has 0 heterocycles. The molecule has 0 aromatic rings. The summed E-state index contributed by atoms with van der Waals surface area (Å²) in [6.45, 7) is 8.92. The molecule has 0 aromatic heterocycles. The van der Waals surface area contributed by atoms with Gasteiger partial charge in [-0.2, -0.15) is 0 Å². The van der Waals surface area contributed by atoms with Crippen LogP contribution in [0.4, 0.5) is 0 Å². The zero-order chi connectivity index (χ0) is 12.1. The Kier molecular flexibility index (Phi) is 5.83. The van der Waals surface area contributed by atoms with Gasteiger partial charge in [0.2, 0.25) is 5.91 Å². The summed E-state index contributed by atoms with van der Waals surface area (Å²) in [5, 5.41) is 2.99. The summed E-state index contributed by atoms with van der Waals surface area (Å²) in [5.41, 5.74) is -0.507. The monoisotopic (exact) mass is 216 g/mol. The average molecular weight is 216 g/mol. The van der Waals surface area contributed by atoms with Gasteiger partial charge in [0.05, 0.1) is 18.2 Å². The maximum Gasteiger partial charge on any atom is 0.242 e. The minimum absolute atomic E-state index is 0.0809. The van der Waals surface area contributed by atoms with Crippen LogP contribution in [0.5, 0.6) is 0 Å². The Morgan fingerprint density at radius 2 is 2.00 bits per heavy atom. The third kappa shape index (κ3) is 5.14. The Bertz CT molecular complexity index is 203. The molecule has 0 rings (SSSR count). The molecular formula is C11H24N2O2. The van der Waals surface area contributed by atoms with Gasteiger partial charge in [0.1, 0.15) is 0 Å². The maximum atomic E-state index is 11.9. The van der Waals surface area contributed by atoms with Gasteiger partial charge in [-0.3, -0.25) is 4.79 Å². The lowest BCUT2D eigenvalue weighted by molar-refractivity contribution is -0.136. The lowest BCUT2D eigenvalue weighted by Crippen LogP contribution is -2.52. The quantitative estimate of drug-likeness (QED) is 0.716. The second-order valence-corrected chi connectivity index (χ2v) is 4.52. The fourth-order valence-electron chi connectivity index (χ4n) is 1.11. The molecule has 0 aliphatic rings. The fraction of sp³-hybridized carbons (Fsp3) is 0.909. The summed E-state index contributed by atoms with van der Waals surface area (Å²) >= 11 is 0. The smallest absolute Gasteiger partial charge is 0.242 e. The Labute approximate surface area is 93.0 Å². The van der Waals surface area contributed by atoms with Crippen molar-refractivity contribution in [2.45, 2.75) is 39.3 Å². The Morgan fingerprint density at radius 3 is 2.40 bits per heavy atom. The van der Waals surface area contributed by atoms with Crippen LogP contribution < -0.4 is 5.32 Å². The van der Waals surface area contributed by atoms with Crippen molar-refractivity contribution in [1.82, 2.24) is 10.2 Å². The first kappa shape index (κ1) is 14.4. The third-order valence-corrected chi connectivity index (χ3v) is 2.38. The van der Waals surface area contributed by atoms with Crippen LogP contribution in [0.3, 0.4) is 0 Å². The molecule has 0 saturated heterocycles. The number of rotatable bonds is 6. The summed E-state index contributed by atoms with van der Waals surface area (Å²) in [5.74, 6) is 0.0809. The Balaban J connectivity index is 4.00. The molecule has 4 nitrogen and oxygen atoms in total. The highest BCUT2D eigenvalue weighted by Crippen LogP contribution is 2.05. The lowest BCUT2D eigenvalue weighted by Gasteiger charge is -2.29. The van der Waals surface area contributed by atoms with E-state index in [2.05, 4.69) is 5.32 Å². The van der Waals surface area contributed by atoms with Crippen molar-refractivity contribution in [2.75, 3.05) is 27.2 Å². The van der Waals surface area contributed by atoms with Crippen LogP contribution in [0.1, 0.15) is 27.7 Å². The van der Waals surface area contributed by atoms with Gasteiger partial charge in [-0.15, -0.1) is 0 Å². The Hall–Kier alpha value is -0.610. The van der Waals surface area contributed by atoms with Gasteiger partial charge in [-0.25, -0.2) is 0 Å². The number of ether oxygens (including phenoxy) is 1. The number of hydrogen-bond donors (Lipinski definition) is 1. The molecule has 15 heavy (non-hydrogen) atoms. The lowest BCUT2D eigenvalue weighted by atomic mass is 10.0. The van der Waals surface area contributed by atoms with Crippen LogP contribution in [0.15, 0.2) is 0 Å². The minimum Gasteiger partial charge on any atom is -0.377 e. The molecule has 0 radical (unpaired) electrons. The SMILES string of the molecule is CNC(C)(C)C(=O)N(C)CCOC(C)C. The first-order chi connectivity index (χ1) is 6.81. The first-order valence-corrected chi connectivity index (χ1v) is 5.37. The number of hydrogen-bond acceptors (Lipinski definition) is 3. The molecule has 0 aromatic carbocycles. The number of carbonyl (C=O) groups is 1. The van der Waals surface area contributed by atoms with Crippen molar-refractivity contribution >= 4 is 5.91 Å². The molecule has 0 atom stereocenters. The molecule has 90 valence electrons. The highest BCUT2D eigenvalue weighted by atomic mass is 16.5. The van der Waals surface area contributed by atoms with Crippen molar-refractivity contribution in [3.8, 4) is 0 Å². The summed E-state index contributed by atoms with van der Waals surface area (Å²) in [7, 11) is 3.58. The molecule has 0 aliphatic carbocycles. The molecule has 0 unspecified atom stereocenters. The van der Waals surface area contributed by atoms with E-state index < -0.39 is 5.54 Å². The van der Waals surface area contributed by atoms with Crippen molar-refractivity contribution in [3.63, 3.8) is 0 Å². The van der Waals surface area contributed by atoms with E-state index in [1.807, 2.05) is 27.7 Å². The molecular weight excluding hydrogens is 192 g/mol. The van der Waals surface area contributed by atoms with Gasteiger partial charge < -0.3 is 15.0 Å². The predicted molar refractivity (Wildman–Crippen MR) is 61.9 cm³/mol. The van der Waals surface area contributed by atoms with E-state index >= 15 is 0 Å². The second kappa shape index (κ2) is 6.08. The maximum absolute atomic E-state index is 11.9. The van der Waals surface area contributed by atoms with Gasteiger partial charge in [0, 0.05) is 13.6 Å². The molecule has 0 saturated carbocycles. The predicted octanol–water partition coefficient (Wildman–Crippen LogP) is 0.868. The zero-order valence-corrected chi connectivity index (χ0v) is 10.8. The average Bonchev–Trinajstić information content (AvgIpc) is 2.15. The molecule has 0 bridgehead atoms. The van der Waals surface area contributed by atoms with E-state index in [0.29, 0.717) is 13.2 Å². The van der Waals surface area contributed by atoms with Crippen LogP contribution in [-0.4, -0.2) is 49.7 Å². The molecule has 0 spiro atoms. The van der Waals surface area contributed by atoms with Gasteiger partial charge in [0.25, 0.3) is 0 Å². The molecule has 4 heteroatoms. The molecule has 1 N–H and O–H groups in total. The van der Waals surface area contributed by atoms with Gasteiger partial charge >= 0.3 is 0 Å². The number of nitrogens with zero attached hydrogens (tertiary/aromatic N) is 1. The molecule has 0 fully saturated rings. The number of amides is 1. The first-order valence-electron chi connectivity index (χ1n) is 5.37. The second-order valence-electron chi connectivity index (χ2n) is 4.52. The van der Waals surface area contributed by atoms with Crippen molar-refractivity contribution in [2.24, 2.45) is 0 Å². The Morgan fingerprint density at radius 1 is 1.47 bits per heavy atom. The third-order valence-electron chi connectivity index (χ3n) is 2.38. The standard InChI is InChI=1S/C11H24N2O2/c1-9(2)15-8-7-13(6)10(14)11(3,4)12-5/h9,12H,7-8H2,1-6H3. The normalized spacial score (nSPS) is 11.9. The van der Waals surface area contributed by atoms with E-state index in [1.54, 1.807) is 19.0 Å². The van der Waals surface area contributed by atoms with Crippen molar-refractivity contribution in [1.29, 1.82) is 0 Å². The van der Waals surface area contributed by atoms with Crippen LogP contribution in [-0.2, 0) is 9.53 Å². The van der Waals surface area contributed by atoms with E-state index in [9.17, 15) is 4.79 Å². The summed E-state index contributed by atoms with van der Waals surface area (Å²) in [6.07, 6.45) is 0.214. The van der Waals surface area contributed by atoms with Gasteiger partial charge in [-0.05, 0) is 34.7 Å². The fourth-order valence-corrected chi connectivity index (χ4v) is 1.11. The van der Waals surface area contributed by atoms with E-state index in [0.717, 1.165) is 0 Å². The molecule has 1 amide bonds. The summed E-state index contributed by atoms with van der Waals surface area (Å²) in [6, 6.07) is 0. The largest absolute Gasteiger partial charge is 0.377 e. The van der Waals surface area contributed by atoms with Crippen molar-refractivity contribution < 1.29 is 9.53 Å². The topological polar surface area (TPSA) is 41.6 Å². The summed E-state index contributed by atoms with van der Waals surface area (Å²) < 4.78 is 5.39. The van der Waals surface area contributed by atoms with Gasteiger partial charge in [0.15, 0.2) is 0 Å². The van der Waals surface area contributed by atoms with Crippen molar-refractivity contribution in [3.05, 3.63) is 0 Å². The summed E-state index contributed by atoms with van der Waals surface area (Å²) in [4.78, 5) is 13.6. The highest BCUT2D eigenvalue weighted by Gasteiger charge is 2.27. The van der Waals surface area contributed by atoms with Crippen LogP contribution in [0.25, 0.3) is 0 Å². The minimum atomic E-state index is -0.507. The zero-order valence-electron chi connectivity index (χ0n) is 10.8. The van der Waals surface area contributed by atoms with Crippen LogP contribution >= 0.6 is 0 Å². The van der Waals surface area contributed by atoms with E-state index in [1.165, 1.54) is 0 Å². The van der Waals surface area contributed by atoms with Gasteiger partial charge in [-0.1, -0.05) is 0 Å². The number of likely N-dealkylation sites (N-methyl/N-ethyl adjacent to an activating group) is 2. The van der Waals surface area contributed by atoms with E-state index in [4.69, 9.17) is 4.74 Å². The molecule has 0 aliphatic heterocycles.